The van der Waals surface area contributed by atoms with Gasteiger partial charge in [-0.3, -0.25) is 10.1 Å². The van der Waals surface area contributed by atoms with Crippen molar-refractivity contribution in [3.63, 3.8) is 0 Å². The van der Waals surface area contributed by atoms with Crippen LogP contribution in [0.3, 0.4) is 0 Å². The van der Waals surface area contributed by atoms with Gasteiger partial charge in [0.1, 0.15) is 11.3 Å². The molecule has 3 rings (SSSR count). The van der Waals surface area contributed by atoms with Gasteiger partial charge in [0.15, 0.2) is 0 Å². The lowest BCUT2D eigenvalue weighted by Gasteiger charge is -2.30. The Morgan fingerprint density at radius 1 is 1.52 bits per heavy atom. The maximum atomic E-state index is 12.0. The van der Waals surface area contributed by atoms with Crippen LogP contribution in [0.4, 0.5) is 10.9 Å². The monoisotopic (exact) mass is 334 g/mol. The van der Waals surface area contributed by atoms with E-state index in [1.807, 2.05) is 0 Å². The Bertz CT molecular complexity index is 633. The van der Waals surface area contributed by atoms with Gasteiger partial charge in [-0.15, -0.1) is 10.2 Å². The van der Waals surface area contributed by atoms with Gasteiger partial charge in [0.2, 0.25) is 5.13 Å². The lowest BCUT2D eigenvalue weighted by Crippen LogP contribution is -2.43. The summed E-state index contributed by atoms with van der Waals surface area (Å²) in [6.07, 6.45) is 1.68. The molecule has 1 aliphatic heterocycles. The number of carbonyl (C=O) groups excluding carboxylic acids is 1. The van der Waals surface area contributed by atoms with Gasteiger partial charge in [-0.25, -0.2) is 4.98 Å². The molecule has 2 aromatic heterocycles. The van der Waals surface area contributed by atoms with Crippen LogP contribution in [-0.4, -0.2) is 65.4 Å². The second kappa shape index (κ2) is 7.44. The minimum atomic E-state index is -0.252. The third-order valence-electron chi connectivity index (χ3n) is 3.46. The molecule has 0 bridgehead atoms. The largest absolute Gasteiger partial charge is 0.374 e. The summed E-state index contributed by atoms with van der Waals surface area (Å²) in [6.45, 7) is 3.30. The Labute approximate surface area is 137 Å². The van der Waals surface area contributed by atoms with Crippen molar-refractivity contribution in [3.8, 4) is 0 Å². The third kappa shape index (κ3) is 4.44. The molecule has 0 radical (unpaired) electrons. The van der Waals surface area contributed by atoms with E-state index in [0.717, 1.165) is 19.7 Å². The van der Waals surface area contributed by atoms with Crippen LogP contribution in [0.15, 0.2) is 23.8 Å². The molecule has 1 fully saturated rings. The predicted octanol–water partition coefficient (Wildman–Crippen LogP) is 0.928. The SMILES string of the molecule is CN1CCOC(CNc2ccc(C(=O)Nc3nncs3)cn2)C1. The zero-order chi connectivity index (χ0) is 16.1. The van der Waals surface area contributed by atoms with Crippen LogP contribution in [0.25, 0.3) is 0 Å². The van der Waals surface area contributed by atoms with Crippen LogP contribution in [-0.2, 0) is 4.74 Å². The maximum absolute atomic E-state index is 12.0. The van der Waals surface area contributed by atoms with Gasteiger partial charge < -0.3 is 15.0 Å². The van der Waals surface area contributed by atoms with E-state index in [-0.39, 0.29) is 12.0 Å². The summed E-state index contributed by atoms with van der Waals surface area (Å²) >= 11 is 1.27. The first-order valence-electron chi connectivity index (χ1n) is 7.28. The summed E-state index contributed by atoms with van der Waals surface area (Å²) in [5, 5.41) is 13.8. The molecular weight excluding hydrogens is 316 g/mol. The Balaban J connectivity index is 1.51. The third-order valence-corrected chi connectivity index (χ3v) is 4.07. The highest BCUT2D eigenvalue weighted by atomic mass is 32.1. The average molecular weight is 334 g/mol. The summed E-state index contributed by atoms with van der Waals surface area (Å²) in [6, 6.07) is 3.50. The quantitative estimate of drug-likeness (QED) is 0.840. The number of aromatic nitrogens is 3. The number of nitrogens with zero attached hydrogens (tertiary/aromatic N) is 4. The van der Waals surface area contributed by atoms with Crippen molar-refractivity contribution in [2.24, 2.45) is 0 Å². The van der Waals surface area contributed by atoms with Gasteiger partial charge in [0.25, 0.3) is 5.91 Å². The van der Waals surface area contributed by atoms with E-state index in [4.69, 9.17) is 4.74 Å². The van der Waals surface area contributed by atoms with Crippen LogP contribution in [0.2, 0.25) is 0 Å². The molecule has 8 nitrogen and oxygen atoms in total. The number of nitrogens with one attached hydrogen (secondary N) is 2. The minimum Gasteiger partial charge on any atom is -0.374 e. The molecule has 122 valence electrons. The van der Waals surface area contributed by atoms with Crippen LogP contribution >= 0.6 is 11.3 Å². The summed E-state index contributed by atoms with van der Waals surface area (Å²) in [5.74, 6) is 0.465. The molecule has 3 heterocycles. The van der Waals surface area contributed by atoms with E-state index in [2.05, 4.69) is 37.8 Å². The molecular formula is C14H18N6O2S. The van der Waals surface area contributed by atoms with Gasteiger partial charge in [-0.2, -0.15) is 0 Å². The van der Waals surface area contributed by atoms with Gasteiger partial charge in [0.05, 0.1) is 18.3 Å². The second-order valence-corrected chi connectivity index (χ2v) is 6.10. The van der Waals surface area contributed by atoms with Crippen LogP contribution in [0.1, 0.15) is 10.4 Å². The highest BCUT2D eigenvalue weighted by molar-refractivity contribution is 7.13. The lowest BCUT2D eigenvalue weighted by molar-refractivity contribution is -0.0117. The molecule has 0 aliphatic carbocycles. The van der Waals surface area contributed by atoms with Gasteiger partial charge in [-0.1, -0.05) is 11.3 Å². The highest BCUT2D eigenvalue weighted by Gasteiger charge is 2.17. The fourth-order valence-corrected chi connectivity index (χ4v) is 2.68. The fourth-order valence-electron chi connectivity index (χ4n) is 2.24. The van der Waals surface area contributed by atoms with E-state index in [1.54, 1.807) is 17.6 Å². The number of pyridine rings is 1. The van der Waals surface area contributed by atoms with Crippen LogP contribution in [0, 0.1) is 0 Å². The maximum Gasteiger partial charge on any atom is 0.259 e. The van der Waals surface area contributed by atoms with Crippen LogP contribution in [0.5, 0.6) is 0 Å². The Hall–Kier alpha value is -2.10. The molecule has 1 aliphatic rings. The first-order chi connectivity index (χ1) is 11.2. The number of anilines is 2. The molecule has 23 heavy (non-hydrogen) atoms. The van der Waals surface area contributed by atoms with Crippen LogP contribution < -0.4 is 10.6 Å². The molecule has 1 atom stereocenters. The molecule has 9 heteroatoms. The van der Waals surface area contributed by atoms with Crippen molar-refractivity contribution < 1.29 is 9.53 Å². The molecule has 0 spiro atoms. The van der Waals surface area contributed by atoms with Crippen molar-refractivity contribution >= 4 is 28.2 Å². The van der Waals surface area contributed by atoms with E-state index in [0.29, 0.717) is 23.1 Å². The molecule has 2 aromatic rings. The minimum absolute atomic E-state index is 0.149. The van der Waals surface area contributed by atoms with E-state index in [9.17, 15) is 4.79 Å². The summed E-state index contributed by atoms with van der Waals surface area (Å²) < 4.78 is 5.68. The first kappa shape index (κ1) is 15.8. The van der Waals surface area contributed by atoms with E-state index in [1.165, 1.54) is 17.5 Å². The number of rotatable bonds is 5. The zero-order valence-electron chi connectivity index (χ0n) is 12.7. The zero-order valence-corrected chi connectivity index (χ0v) is 13.5. The van der Waals surface area contributed by atoms with E-state index >= 15 is 0 Å². The number of hydrogen-bond acceptors (Lipinski definition) is 8. The normalized spacial score (nSPS) is 18.6. The summed E-state index contributed by atoms with van der Waals surface area (Å²) in [5.41, 5.74) is 2.03. The number of likely N-dealkylation sites (N-methyl/N-ethyl adjacent to an activating group) is 1. The standard InChI is InChI=1S/C14H18N6O2S/c1-20-4-5-22-11(8-20)7-16-12-3-2-10(6-15-12)13(21)18-14-19-17-9-23-14/h2-3,6,9,11H,4-5,7-8H2,1H3,(H,15,16)(H,18,19,21). The highest BCUT2D eigenvalue weighted by Crippen LogP contribution is 2.12. The van der Waals surface area contributed by atoms with Gasteiger partial charge in [0, 0.05) is 25.8 Å². The Kier molecular flexibility index (Phi) is 5.11. The van der Waals surface area contributed by atoms with Crippen molar-refractivity contribution in [2.45, 2.75) is 6.10 Å². The molecule has 0 saturated carbocycles. The number of carbonyl (C=O) groups is 1. The predicted molar refractivity (Wildman–Crippen MR) is 87.8 cm³/mol. The number of hydrogen-bond donors (Lipinski definition) is 2. The number of ether oxygens (including phenoxy) is 1. The van der Waals surface area contributed by atoms with E-state index < -0.39 is 0 Å². The lowest BCUT2D eigenvalue weighted by atomic mass is 10.2. The Morgan fingerprint density at radius 3 is 3.13 bits per heavy atom. The van der Waals surface area contributed by atoms with Crippen molar-refractivity contribution in [3.05, 3.63) is 29.4 Å². The van der Waals surface area contributed by atoms with Gasteiger partial charge in [-0.05, 0) is 19.2 Å². The second-order valence-electron chi connectivity index (χ2n) is 5.27. The smallest absolute Gasteiger partial charge is 0.259 e. The van der Waals surface area contributed by atoms with Crippen molar-refractivity contribution in [1.29, 1.82) is 0 Å². The molecule has 1 unspecified atom stereocenters. The first-order valence-corrected chi connectivity index (χ1v) is 8.16. The molecule has 1 amide bonds. The molecule has 1 saturated heterocycles. The van der Waals surface area contributed by atoms with Crippen molar-refractivity contribution in [2.75, 3.05) is 43.9 Å². The molecule has 0 aromatic carbocycles. The summed E-state index contributed by atoms with van der Waals surface area (Å²) in [4.78, 5) is 18.5. The fraction of sp³-hybridized carbons (Fsp3) is 0.429. The number of amides is 1. The van der Waals surface area contributed by atoms with Gasteiger partial charge >= 0.3 is 0 Å². The van der Waals surface area contributed by atoms with Crippen molar-refractivity contribution in [1.82, 2.24) is 20.1 Å². The Morgan fingerprint density at radius 2 is 2.43 bits per heavy atom. The number of morpholine rings is 1. The summed E-state index contributed by atoms with van der Waals surface area (Å²) in [7, 11) is 2.08. The molecule has 2 N–H and O–H groups in total. The topological polar surface area (TPSA) is 92.3 Å². The average Bonchev–Trinajstić information content (AvgIpc) is 3.06.